The van der Waals surface area contributed by atoms with Gasteiger partial charge >= 0.3 is 0 Å². The van der Waals surface area contributed by atoms with Gasteiger partial charge in [0.1, 0.15) is 10.3 Å². The molecule has 1 aromatic rings. The molecule has 4 heteroatoms. The molecule has 0 radical (unpaired) electrons. The van der Waals surface area contributed by atoms with E-state index >= 15 is 0 Å². The van der Waals surface area contributed by atoms with Crippen LogP contribution >= 0.6 is 23.2 Å². The van der Waals surface area contributed by atoms with E-state index in [0.29, 0.717) is 16.3 Å². The molecule has 0 saturated heterocycles. The Kier molecular flexibility index (Phi) is 5.49. The van der Waals surface area contributed by atoms with Crippen molar-refractivity contribution in [1.82, 2.24) is 9.88 Å². The molecule has 0 unspecified atom stereocenters. The molecule has 1 heterocycles. The van der Waals surface area contributed by atoms with Crippen LogP contribution in [0, 0.1) is 5.92 Å². The van der Waals surface area contributed by atoms with Gasteiger partial charge < -0.3 is 0 Å². The molecule has 0 amide bonds. The smallest absolute Gasteiger partial charge is 0.135 e. The number of nitrogens with zero attached hydrogens (tertiary/aromatic N) is 2. The van der Waals surface area contributed by atoms with Crippen LogP contribution in [0.3, 0.4) is 0 Å². The molecule has 2 rings (SSSR count). The molecule has 0 bridgehead atoms. The van der Waals surface area contributed by atoms with Crippen molar-refractivity contribution < 1.29 is 0 Å². The van der Waals surface area contributed by atoms with Gasteiger partial charge in [-0.1, -0.05) is 42.6 Å². The van der Waals surface area contributed by atoms with Crippen molar-refractivity contribution in [3.05, 3.63) is 28.0 Å². The quantitative estimate of drug-likeness (QED) is 0.743. The monoisotopic (exact) mass is 300 g/mol. The average Bonchev–Trinajstić information content (AvgIpc) is 2.42. The van der Waals surface area contributed by atoms with Crippen molar-refractivity contribution in [1.29, 1.82) is 0 Å². The number of pyridine rings is 1. The standard InChI is InChI=1S/C15H22Cl2N2/c1-3-11-4-7-13(8-5-11)19(2)10-12-6-9-14(16)18-15(12)17/h6,9,11,13H,3-5,7-8,10H2,1-2H3. The molecular formula is C15H22Cl2N2. The molecule has 0 N–H and O–H groups in total. The van der Waals surface area contributed by atoms with Crippen LogP contribution < -0.4 is 0 Å². The summed E-state index contributed by atoms with van der Waals surface area (Å²) in [7, 11) is 2.18. The van der Waals surface area contributed by atoms with Crippen molar-refractivity contribution in [2.45, 2.75) is 51.6 Å². The second kappa shape index (κ2) is 6.92. The second-order valence-corrected chi connectivity index (χ2v) is 6.33. The first kappa shape index (κ1) is 15.1. The van der Waals surface area contributed by atoms with Crippen LogP contribution in [0.15, 0.2) is 12.1 Å². The largest absolute Gasteiger partial charge is 0.299 e. The van der Waals surface area contributed by atoms with E-state index in [-0.39, 0.29) is 0 Å². The molecule has 1 aromatic heterocycles. The van der Waals surface area contributed by atoms with E-state index in [0.717, 1.165) is 18.0 Å². The highest BCUT2D eigenvalue weighted by molar-refractivity contribution is 6.32. The Morgan fingerprint density at radius 3 is 2.47 bits per heavy atom. The minimum absolute atomic E-state index is 0.458. The summed E-state index contributed by atoms with van der Waals surface area (Å²) in [5, 5.41) is 0.987. The maximum Gasteiger partial charge on any atom is 0.135 e. The number of hydrogen-bond acceptors (Lipinski definition) is 2. The molecule has 19 heavy (non-hydrogen) atoms. The summed E-state index contributed by atoms with van der Waals surface area (Å²) in [4.78, 5) is 6.51. The summed E-state index contributed by atoms with van der Waals surface area (Å²) in [6.45, 7) is 3.15. The zero-order valence-electron chi connectivity index (χ0n) is 11.7. The molecule has 1 aliphatic carbocycles. The fraction of sp³-hybridized carbons (Fsp3) is 0.667. The number of rotatable bonds is 4. The Balaban J connectivity index is 1.92. The summed E-state index contributed by atoms with van der Waals surface area (Å²) in [5.74, 6) is 0.936. The maximum atomic E-state index is 6.14. The van der Waals surface area contributed by atoms with Crippen LogP contribution in [0.4, 0.5) is 0 Å². The Bertz CT molecular complexity index is 415. The van der Waals surface area contributed by atoms with Gasteiger partial charge in [-0.15, -0.1) is 0 Å². The molecule has 1 aliphatic rings. The van der Waals surface area contributed by atoms with Crippen LogP contribution in [0.5, 0.6) is 0 Å². The number of hydrogen-bond donors (Lipinski definition) is 0. The normalized spacial score (nSPS) is 23.8. The van der Waals surface area contributed by atoms with Gasteiger partial charge in [-0.3, -0.25) is 4.90 Å². The van der Waals surface area contributed by atoms with Gasteiger partial charge in [-0.05, 0) is 44.7 Å². The number of aromatic nitrogens is 1. The molecular weight excluding hydrogens is 279 g/mol. The summed E-state index contributed by atoms with van der Waals surface area (Å²) in [6.07, 6.45) is 6.64. The van der Waals surface area contributed by atoms with Gasteiger partial charge in [0, 0.05) is 18.2 Å². The highest BCUT2D eigenvalue weighted by atomic mass is 35.5. The topological polar surface area (TPSA) is 16.1 Å². The van der Waals surface area contributed by atoms with Crippen LogP contribution in [0.25, 0.3) is 0 Å². The molecule has 106 valence electrons. The van der Waals surface area contributed by atoms with E-state index in [1.165, 1.54) is 32.1 Å². The van der Waals surface area contributed by atoms with E-state index in [1.807, 2.05) is 12.1 Å². The minimum atomic E-state index is 0.458. The lowest BCUT2D eigenvalue weighted by molar-refractivity contribution is 0.157. The Labute approximate surface area is 126 Å². The van der Waals surface area contributed by atoms with Gasteiger partial charge in [0.2, 0.25) is 0 Å². The first-order valence-electron chi connectivity index (χ1n) is 7.11. The van der Waals surface area contributed by atoms with Crippen molar-refractivity contribution >= 4 is 23.2 Å². The lowest BCUT2D eigenvalue weighted by Gasteiger charge is -2.34. The molecule has 0 spiro atoms. The van der Waals surface area contributed by atoms with Gasteiger partial charge in [0.15, 0.2) is 0 Å². The molecule has 0 aliphatic heterocycles. The molecule has 0 atom stereocenters. The SMILES string of the molecule is CCC1CCC(N(C)Cc2ccc(Cl)nc2Cl)CC1. The van der Waals surface area contributed by atoms with Crippen molar-refractivity contribution in [3.8, 4) is 0 Å². The zero-order chi connectivity index (χ0) is 13.8. The van der Waals surface area contributed by atoms with Gasteiger partial charge in [0.25, 0.3) is 0 Å². The summed E-state index contributed by atoms with van der Waals surface area (Å²) < 4.78 is 0. The average molecular weight is 301 g/mol. The minimum Gasteiger partial charge on any atom is -0.299 e. The first-order valence-corrected chi connectivity index (χ1v) is 7.87. The third kappa shape index (κ3) is 4.08. The molecule has 1 saturated carbocycles. The van der Waals surface area contributed by atoms with E-state index in [9.17, 15) is 0 Å². The predicted octanol–water partition coefficient (Wildman–Crippen LogP) is 4.79. The van der Waals surface area contributed by atoms with E-state index < -0.39 is 0 Å². The summed E-state index contributed by atoms with van der Waals surface area (Å²) in [6, 6.07) is 4.46. The highest BCUT2D eigenvalue weighted by Gasteiger charge is 2.23. The Morgan fingerprint density at radius 1 is 1.21 bits per heavy atom. The fourth-order valence-corrected chi connectivity index (χ4v) is 3.36. The Morgan fingerprint density at radius 2 is 1.89 bits per heavy atom. The zero-order valence-corrected chi connectivity index (χ0v) is 13.2. The van der Waals surface area contributed by atoms with E-state index in [4.69, 9.17) is 23.2 Å². The van der Waals surface area contributed by atoms with Crippen molar-refractivity contribution in [3.63, 3.8) is 0 Å². The fourth-order valence-electron chi connectivity index (χ4n) is 2.95. The lowest BCUT2D eigenvalue weighted by Crippen LogP contribution is -2.34. The van der Waals surface area contributed by atoms with Gasteiger partial charge in [-0.2, -0.15) is 0 Å². The lowest BCUT2D eigenvalue weighted by atomic mass is 9.84. The van der Waals surface area contributed by atoms with Gasteiger partial charge in [0.05, 0.1) is 0 Å². The second-order valence-electron chi connectivity index (χ2n) is 5.58. The van der Waals surface area contributed by atoms with Crippen LogP contribution in [-0.4, -0.2) is 23.0 Å². The number of halogens is 2. The third-order valence-electron chi connectivity index (χ3n) is 4.33. The first-order chi connectivity index (χ1) is 9.10. The van der Waals surface area contributed by atoms with Crippen molar-refractivity contribution in [2.75, 3.05) is 7.05 Å². The van der Waals surface area contributed by atoms with Crippen LogP contribution in [0.1, 0.15) is 44.6 Å². The Hall–Kier alpha value is -0.310. The molecule has 0 aromatic carbocycles. The van der Waals surface area contributed by atoms with Crippen LogP contribution in [-0.2, 0) is 6.54 Å². The van der Waals surface area contributed by atoms with Crippen LogP contribution in [0.2, 0.25) is 10.3 Å². The van der Waals surface area contributed by atoms with Gasteiger partial charge in [-0.25, -0.2) is 4.98 Å². The summed E-state index contributed by atoms with van der Waals surface area (Å²) in [5.41, 5.74) is 1.06. The maximum absolute atomic E-state index is 6.14. The summed E-state index contributed by atoms with van der Waals surface area (Å²) >= 11 is 12.0. The third-order valence-corrected chi connectivity index (χ3v) is 4.87. The molecule has 1 fully saturated rings. The molecule has 2 nitrogen and oxygen atoms in total. The van der Waals surface area contributed by atoms with E-state index in [1.54, 1.807) is 0 Å². The van der Waals surface area contributed by atoms with Crippen molar-refractivity contribution in [2.24, 2.45) is 5.92 Å². The highest BCUT2D eigenvalue weighted by Crippen LogP contribution is 2.30. The van der Waals surface area contributed by atoms with E-state index in [2.05, 4.69) is 23.9 Å². The predicted molar refractivity (Wildman–Crippen MR) is 81.8 cm³/mol.